The van der Waals surface area contributed by atoms with E-state index < -0.39 is 0 Å². The molecule has 0 saturated heterocycles. The van der Waals surface area contributed by atoms with Crippen molar-refractivity contribution in [3.8, 4) is 0 Å². The molecule has 0 spiro atoms. The van der Waals surface area contributed by atoms with Crippen LogP contribution in [0.4, 0.5) is 0 Å². The second-order valence-electron chi connectivity index (χ2n) is 4.53. The van der Waals surface area contributed by atoms with Crippen molar-refractivity contribution in [2.24, 2.45) is 5.41 Å². The topological polar surface area (TPSA) is 20.2 Å². The average molecular weight is 180 g/mol. The zero-order valence-corrected chi connectivity index (χ0v) is 8.88. The highest BCUT2D eigenvalue weighted by Gasteiger charge is 2.22. The molecule has 0 radical (unpaired) electrons. The Hall–Kier alpha value is -0.560. The van der Waals surface area contributed by atoms with Crippen LogP contribution in [-0.2, 0) is 0 Å². The first-order valence-corrected chi connectivity index (χ1v) is 5.08. The fraction of sp³-hybridized carbons (Fsp3) is 0.667. The van der Waals surface area contributed by atoms with E-state index in [-0.39, 0.29) is 11.5 Å². The van der Waals surface area contributed by atoms with Gasteiger partial charge in [-0.3, -0.25) is 0 Å². The number of rotatable bonds is 2. The van der Waals surface area contributed by atoms with E-state index in [1.54, 1.807) is 0 Å². The maximum atomic E-state index is 9.75. The SMILES string of the molecule is C/C=C/C(O)C1=CC(C)(C)CCC1. The van der Waals surface area contributed by atoms with E-state index in [4.69, 9.17) is 0 Å². The summed E-state index contributed by atoms with van der Waals surface area (Å²) in [7, 11) is 0. The van der Waals surface area contributed by atoms with E-state index in [1.165, 1.54) is 18.4 Å². The van der Waals surface area contributed by atoms with Gasteiger partial charge in [0.1, 0.15) is 0 Å². The summed E-state index contributed by atoms with van der Waals surface area (Å²) in [6, 6.07) is 0. The van der Waals surface area contributed by atoms with Gasteiger partial charge in [-0.05, 0) is 37.2 Å². The van der Waals surface area contributed by atoms with Crippen LogP contribution in [0.25, 0.3) is 0 Å². The van der Waals surface area contributed by atoms with Crippen molar-refractivity contribution in [3.05, 3.63) is 23.8 Å². The van der Waals surface area contributed by atoms with Crippen molar-refractivity contribution in [2.75, 3.05) is 0 Å². The second kappa shape index (κ2) is 4.10. The Kier molecular flexibility index (Phi) is 3.32. The molecule has 0 amide bonds. The van der Waals surface area contributed by atoms with Crippen molar-refractivity contribution in [3.63, 3.8) is 0 Å². The van der Waals surface area contributed by atoms with E-state index in [1.807, 2.05) is 19.1 Å². The largest absolute Gasteiger partial charge is 0.385 e. The highest BCUT2D eigenvalue weighted by molar-refractivity contribution is 5.20. The van der Waals surface area contributed by atoms with Crippen LogP contribution in [0.2, 0.25) is 0 Å². The molecule has 1 rings (SSSR count). The fourth-order valence-electron chi connectivity index (χ4n) is 1.93. The molecule has 0 saturated carbocycles. The smallest absolute Gasteiger partial charge is 0.0931 e. The molecule has 0 aromatic heterocycles. The van der Waals surface area contributed by atoms with E-state index in [9.17, 15) is 5.11 Å². The Morgan fingerprint density at radius 1 is 1.54 bits per heavy atom. The quantitative estimate of drug-likeness (QED) is 0.647. The molecule has 1 heteroatoms. The first-order valence-electron chi connectivity index (χ1n) is 5.08. The molecule has 0 fully saturated rings. The van der Waals surface area contributed by atoms with Crippen LogP contribution in [-0.4, -0.2) is 11.2 Å². The number of hydrogen-bond donors (Lipinski definition) is 1. The van der Waals surface area contributed by atoms with Crippen LogP contribution in [0.1, 0.15) is 40.0 Å². The van der Waals surface area contributed by atoms with Crippen LogP contribution in [0.5, 0.6) is 0 Å². The molecular weight excluding hydrogens is 160 g/mol. The minimum atomic E-state index is -0.357. The third-order valence-electron chi connectivity index (χ3n) is 2.62. The summed E-state index contributed by atoms with van der Waals surface area (Å²) in [5.74, 6) is 0. The Bertz CT molecular complexity index is 223. The number of aliphatic hydroxyl groups excluding tert-OH is 1. The summed E-state index contributed by atoms with van der Waals surface area (Å²) < 4.78 is 0. The normalized spacial score (nSPS) is 24.5. The molecule has 0 bridgehead atoms. The van der Waals surface area contributed by atoms with E-state index in [2.05, 4.69) is 19.9 Å². The fourth-order valence-corrected chi connectivity index (χ4v) is 1.93. The predicted molar refractivity (Wildman–Crippen MR) is 56.5 cm³/mol. The molecule has 1 nitrogen and oxygen atoms in total. The number of aliphatic hydroxyl groups is 1. The van der Waals surface area contributed by atoms with Gasteiger partial charge < -0.3 is 5.11 Å². The third kappa shape index (κ3) is 3.00. The molecule has 1 N–H and O–H groups in total. The van der Waals surface area contributed by atoms with Crippen molar-refractivity contribution in [1.29, 1.82) is 0 Å². The standard InChI is InChI=1S/C12H20O/c1-4-6-11(13)10-7-5-8-12(2,3)9-10/h4,6,9,11,13H,5,7-8H2,1-3H3/b6-4+. The molecule has 0 aromatic carbocycles. The summed E-state index contributed by atoms with van der Waals surface area (Å²) in [5.41, 5.74) is 1.46. The summed E-state index contributed by atoms with van der Waals surface area (Å²) in [4.78, 5) is 0. The lowest BCUT2D eigenvalue weighted by Crippen LogP contribution is -2.18. The maximum absolute atomic E-state index is 9.75. The Balaban J connectivity index is 2.74. The van der Waals surface area contributed by atoms with Crippen LogP contribution >= 0.6 is 0 Å². The molecule has 1 aliphatic rings. The maximum Gasteiger partial charge on any atom is 0.0931 e. The van der Waals surface area contributed by atoms with Crippen molar-refractivity contribution in [2.45, 2.75) is 46.1 Å². The van der Waals surface area contributed by atoms with Gasteiger partial charge in [0.2, 0.25) is 0 Å². The average Bonchev–Trinajstić information content (AvgIpc) is 2.03. The lowest BCUT2D eigenvalue weighted by atomic mass is 9.78. The zero-order valence-electron chi connectivity index (χ0n) is 8.88. The van der Waals surface area contributed by atoms with Gasteiger partial charge in [0, 0.05) is 0 Å². The molecule has 0 aliphatic heterocycles. The van der Waals surface area contributed by atoms with Gasteiger partial charge in [-0.25, -0.2) is 0 Å². The van der Waals surface area contributed by atoms with E-state index in [0.29, 0.717) is 0 Å². The van der Waals surface area contributed by atoms with Gasteiger partial charge >= 0.3 is 0 Å². The van der Waals surface area contributed by atoms with E-state index in [0.717, 1.165) is 6.42 Å². The van der Waals surface area contributed by atoms with Crippen molar-refractivity contribution >= 4 is 0 Å². The predicted octanol–water partition coefficient (Wildman–Crippen LogP) is 3.06. The molecule has 1 unspecified atom stereocenters. The number of hydrogen-bond acceptors (Lipinski definition) is 1. The Morgan fingerprint density at radius 3 is 2.77 bits per heavy atom. The van der Waals surface area contributed by atoms with Crippen molar-refractivity contribution in [1.82, 2.24) is 0 Å². The van der Waals surface area contributed by atoms with Crippen LogP contribution in [0, 0.1) is 5.41 Å². The molecule has 0 aromatic rings. The van der Waals surface area contributed by atoms with Crippen LogP contribution in [0.15, 0.2) is 23.8 Å². The first-order chi connectivity index (χ1) is 6.05. The highest BCUT2D eigenvalue weighted by Crippen LogP contribution is 2.34. The summed E-state index contributed by atoms with van der Waals surface area (Å²) in [5, 5.41) is 9.75. The van der Waals surface area contributed by atoms with Gasteiger partial charge in [0.05, 0.1) is 6.10 Å². The zero-order chi connectivity index (χ0) is 9.90. The van der Waals surface area contributed by atoms with Crippen LogP contribution in [0.3, 0.4) is 0 Å². The molecule has 74 valence electrons. The lowest BCUT2D eigenvalue weighted by Gasteiger charge is -2.28. The molecule has 13 heavy (non-hydrogen) atoms. The van der Waals surface area contributed by atoms with E-state index >= 15 is 0 Å². The molecule has 0 heterocycles. The van der Waals surface area contributed by atoms with Gasteiger partial charge in [-0.15, -0.1) is 0 Å². The lowest BCUT2D eigenvalue weighted by molar-refractivity contribution is 0.242. The monoisotopic (exact) mass is 180 g/mol. The van der Waals surface area contributed by atoms with Gasteiger partial charge in [-0.1, -0.05) is 32.1 Å². The summed E-state index contributed by atoms with van der Waals surface area (Å²) >= 11 is 0. The minimum Gasteiger partial charge on any atom is -0.385 e. The van der Waals surface area contributed by atoms with Gasteiger partial charge in [-0.2, -0.15) is 0 Å². The van der Waals surface area contributed by atoms with Gasteiger partial charge in [0.25, 0.3) is 0 Å². The second-order valence-corrected chi connectivity index (χ2v) is 4.53. The Morgan fingerprint density at radius 2 is 2.23 bits per heavy atom. The van der Waals surface area contributed by atoms with Crippen LogP contribution < -0.4 is 0 Å². The minimum absolute atomic E-state index is 0.274. The van der Waals surface area contributed by atoms with Gasteiger partial charge in [0.15, 0.2) is 0 Å². The number of allylic oxidation sites excluding steroid dienone is 2. The highest BCUT2D eigenvalue weighted by atomic mass is 16.3. The third-order valence-corrected chi connectivity index (χ3v) is 2.62. The Labute approximate surface area is 81.2 Å². The van der Waals surface area contributed by atoms with Crippen molar-refractivity contribution < 1.29 is 5.11 Å². The first kappa shape index (κ1) is 10.5. The molecule has 1 atom stereocenters. The summed E-state index contributed by atoms with van der Waals surface area (Å²) in [6.45, 7) is 6.40. The molecular formula is C12H20O. The molecule has 1 aliphatic carbocycles. The summed E-state index contributed by atoms with van der Waals surface area (Å²) in [6.07, 6.45) is 9.13.